The number of hydrogen-bond acceptors (Lipinski definition) is 7. The molecule has 8 nitrogen and oxygen atoms in total. The molecule has 0 saturated heterocycles. The largest absolute Gasteiger partial charge is 0.468 e. The number of ether oxygens (including phenoxy) is 1. The lowest BCUT2D eigenvalue weighted by Crippen LogP contribution is -2.29. The number of carbonyl (C=O) groups is 2. The number of nitrogen functional groups attached to an aromatic ring is 1. The van der Waals surface area contributed by atoms with Crippen LogP contribution in [0, 0.1) is 10.1 Å². The van der Waals surface area contributed by atoms with Gasteiger partial charge in [0.15, 0.2) is 5.78 Å². The van der Waals surface area contributed by atoms with Crippen LogP contribution in [-0.2, 0) is 9.53 Å². The van der Waals surface area contributed by atoms with Gasteiger partial charge in [0.05, 0.1) is 25.1 Å². The molecule has 1 aromatic rings. The number of ketones is 1. The quantitative estimate of drug-likeness (QED) is 0.246. The van der Waals surface area contributed by atoms with E-state index in [1.165, 1.54) is 19.2 Å². The zero-order valence-corrected chi connectivity index (χ0v) is 10.2. The number of Topliss-reactive ketones (excluding diaryl/α,β-unsaturated/α-hetero) is 1. The molecule has 0 atom stereocenters. The lowest BCUT2D eigenvalue weighted by Gasteiger charge is -2.05. The Kier molecular flexibility index (Phi) is 4.95. The fourth-order valence-corrected chi connectivity index (χ4v) is 1.36. The van der Waals surface area contributed by atoms with Crippen molar-refractivity contribution in [2.45, 2.75) is 0 Å². The maximum absolute atomic E-state index is 11.8. The van der Waals surface area contributed by atoms with E-state index < -0.39 is 10.9 Å². The van der Waals surface area contributed by atoms with Crippen LogP contribution in [0.5, 0.6) is 0 Å². The van der Waals surface area contributed by atoms with Crippen LogP contribution < -0.4 is 11.1 Å². The Bertz CT molecular complexity index is 515. The van der Waals surface area contributed by atoms with Crippen LogP contribution >= 0.6 is 0 Å². The van der Waals surface area contributed by atoms with Crippen LogP contribution in [0.1, 0.15) is 10.4 Å². The minimum absolute atomic E-state index is 0.0269. The molecule has 0 amide bonds. The first-order chi connectivity index (χ1) is 8.95. The van der Waals surface area contributed by atoms with Crippen LogP contribution in [0.4, 0.5) is 11.4 Å². The number of nitrogens with one attached hydrogen (secondary N) is 1. The van der Waals surface area contributed by atoms with Crippen molar-refractivity contribution in [1.82, 2.24) is 5.32 Å². The number of rotatable bonds is 6. The maximum atomic E-state index is 11.8. The van der Waals surface area contributed by atoms with Crippen LogP contribution in [0.3, 0.4) is 0 Å². The SMILES string of the molecule is COC(=O)CNCC(=O)c1ccc([N+](=O)[O-])cc1N. The summed E-state index contributed by atoms with van der Waals surface area (Å²) in [5.41, 5.74) is 5.59. The molecule has 8 heteroatoms. The van der Waals surface area contributed by atoms with Crippen molar-refractivity contribution in [2.75, 3.05) is 25.9 Å². The Morgan fingerprint density at radius 1 is 1.42 bits per heavy atom. The van der Waals surface area contributed by atoms with Crippen molar-refractivity contribution < 1.29 is 19.2 Å². The van der Waals surface area contributed by atoms with Gasteiger partial charge in [0, 0.05) is 23.4 Å². The molecule has 0 radical (unpaired) electrons. The molecule has 1 rings (SSSR count). The third kappa shape index (κ3) is 4.03. The van der Waals surface area contributed by atoms with E-state index in [0.717, 1.165) is 6.07 Å². The van der Waals surface area contributed by atoms with Gasteiger partial charge in [-0.25, -0.2) is 0 Å². The number of non-ortho nitro benzene ring substituents is 1. The first kappa shape index (κ1) is 14.6. The maximum Gasteiger partial charge on any atom is 0.319 e. The molecule has 102 valence electrons. The fourth-order valence-electron chi connectivity index (χ4n) is 1.36. The smallest absolute Gasteiger partial charge is 0.319 e. The minimum atomic E-state index is -0.597. The van der Waals surface area contributed by atoms with E-state index in [1.54, 1.807) is 0 Å². The van der Waals surface area contributed by atoms with Crippen molar-refractivity contribution in [3.8, 4) is 0 Å². The van der Waals surface area contributed by atoms with Gasteiger partial charge in [-0.3, -0.25) is 25.0 Å². The molecule has 0 bridgehead atoms. The van der Waals surface area contributed by atoms with Gasteiger partial charge in [0.25, 0.3) is 5.69 Å². The zero-order valence-electron chi connectivity index (χ0n) is 10.2. The van der Waals surface area contributed by atoms with Crippen molar-refractivity contribution in [3.63, 3.8) is 0 Å². The summed E-state index contributed by atoms with van der Waals surface area (Å²) in [6, 6.07) is 3.60. The molecule has 3 N–H and O–H groups in total. The number of benzene rings is 1. The van der Waals surface area contributed by atoms with Gasteiger partial charge in [0.2, 0.25) is 0 Å². The van der Waals surface area contributed by atoms with E-state index in [4.69, 9.17) is 5.73 Å². The number of nitro groups is 1. The number of nitro benzene ring substituents is 1. The van der Waals surface area contributed by atoms with Gasteiger partial charge >= 0.3 is 5.97 Å². The predicted molar refractivity (Wildman–Crippen MR) is 66.7 cm³/mol. The summed E-state index contributed by atoms with van der Waals surface area (Å²) < 4.78 is 4.39. The molecule has 0 saturated carbocycles. The average molecular weight is 267 g/mol. The van der Waals surface area contributed by atoms with Crippen molar-refractivity contribution in [2.24, 2.45) is 0 Å². The number of anilines is 1. The number of nitrogens with zero attached hydrogens (tertiary/aromatic N) is 1. The number of carbonyl (C=O) groups excluding carboxylic acids is 2. The molecule has 0 spiro atoms. The summed E-state index contributed by atoms with van der Waals surface area (Å²) in [4.78, 5) is 32.5. The highest BCUT2D eigenvalue weighted by atomic mass is 16.6. The van der Waals surface area contributed by atoms with Gasteiger partial charge < -0.3 is 10.5 Å². The summed E-state index contributed by atoms with van der Waals surface area (Å²) in [6.07, 6.45) is 0. The van der Waals surface area contributed by atoms with Crippen LogP contribution in [0.2, 0.25) is 0 Å². The Balaban J connectivity index is 2.67. The first-order valence-electron chi connectivity index (χ1n) is 5.30. The second-order valence-corrected chi connectivity index (χ2v) is 3.63. The number of esters is 1. The second-order valence-electron chi connectivity index (χ2n) is 3.63. The lowest BCUT2D eigenvalue weighted by molar-refractivity contribution is -0.384. The Morgan fingerprint density at radius 3 is 2.63 bits per heavy atom. The number of nitrogens with two attached hydrogens (primary N) is 1. The molecule has 0 aliphatic carbocycles. The van der Waals surface area contributed by atoms with E-state index in [2.05, 4.69) is 10.1 Å². The molecule has 1 aromatic carbocycles. The van der Waals surface area contributed by atoms with Gasteiger partial charge in [0.1, 0.15) is 0 Å². The van der Waals surface area contributed by atoms with Crippen LogP contribution in [-0.4, -0.2) is 36.9 Å². The standard InChI is InChI=1S/C11H13N3O5/c1-19-11(16)6-13-5-10(15)8-3-2-7(14(17)18)4-9(8)12/h2-4,13H,5-6,12H2,1H3. The molecular weight excluding hydrogens is 254 g/mol. The molecule has 0 aromatic heterocycles. The van der Waals surface area contributed by atoms with Crippen molar-refractivity contribution in [3.05, 3.63) is 33.9 Å². The zero-order chi connectivity index (χ0) is 14.4. The summed E-state index contributed by atoms with van der Waals surface area (Å²) in [7, 11) is 1.24. The van der Waals surface area contributed by atoms with E-state index in [0.29, 0.717) is 0 Å². The topological polar surface area (TPSA) is 125 Å². The predicted octanol–water partition coefficient (Wildman–Crippen LogP) is 0.122. The molecule has 0 aliphatic rings. The highest BCUT2D eigenvalue weighted by Crippen LogP contribution is 2.19. The molecular formula is C11H13N3O5. The lowest BCUT2D eigenvalue weighted by atomic mass is 10.1. The fraction of sp³-hybridized carbons (Fsp3) is 0.273. The summed E-state index contributed by atoms with van der Waals surface area (Å²) in [6.45, 7) is -0.216. The monoisotopic (exact) mass is 267 g/mol. The summed E-state index contributed by atoms with van der Waals surface area (Å²) in [5.74, 6) is -0.860. The van der Waals surface area contributed by atoms with E-state index in [9.17, 15) is 19.7 Å². The molecule has 0 heterocycles. The molecule has 0 aliphatic heterocycles. The van der Waals surface area contributed by atoms with Crippen molar-refractivity contribution >= 4 is 23.1 Å². The van der Waals surface area contributed by atoms with Gasteiger partial charge in [-0.15, -0.1) is 0 Å². The minimum Gasteiger partial charge on any atom is -0.468 e. The highest BCUT2D eigenvalue weighted by Gasteiger charge is 2.14. The molecule has 0 unspecified atom stereocenters. The van der Waals surface area contributed by atoms with Gasteiger partial charge in [-0.05, 0) is 6.07 Å². The van der Waals surface area contributed by atoms with Crippen LogP contribution in [0.15, 0.2) is 18.2 Å². The van der Waals surface area contributed by atoms with E-state index >= 15 is 0 Å². The summed E-state index contributed by atoms with van der Waals surface area (Å²) >= 11 is 0. The second kappa shape index (κ2) is 6.45. The summed E-state index contributed by atoms with van der Waals surface area (Å²) in [5, 5.41) is 13.1. The molecule has 19 heavy (non-hydrogen) atoms. The number of hydrogen-bond donors (Lipinski definition) is 2. The average Bonchev–Trinajstić information content (AvgIpc) is 2.37. The van der Waals surface area contributed by atoms with Gasteiger partial charge in [-0.2, -0.15) is 0 Å². The Morgan fingerprint density at radius 2 is 2.11 bits per heavy atom. The third-order valence-corrected chi connectivity index (χ3v) is 2.33. The van der Waals surface area contributed by atoms with Crippen molar-refractivity contribution in [1.29, 1.82) is 0 Å². The highest BCUT2D eigenvalue weighted by molar-refractivity contribution is 6.02. The normalized spacial score (nSPS) is 9.95. The van der Waals surface area contributed by atoms with E-state index in [1.807, 2.05) is 0 Å². The van der Waals surface area contributed by atoms with Gasteiger partial charge in [-0.1, -0.05) is 0 Å². The molecule has 0 fully saturated rings. The number of methoxy groups -OCH3 is 1. The Hall–Kier alpha value is -2.48. The first-order valence-corrected chi connectivity index (χ1v) is 5.30. The Labute approximate surface area is 108 Å². The van der Waals surface area contributed by atoms with Crippen LogP contribution in [0.25, 0.3) is 0 Å². The third-order valence-electron chi connectivity index (χ3n) is 2.33. The van der Waals surface area contributed by atoms with E-state index in [-0.39, 0.29) is 35.8 Å².